The topological polar surface area (TPSA) is 70.4 Å². The molecule has 166 valence electrons. The average Bonchev–Trinajstić information content (AvgIpc) is 3.40. The molecule has 1 atom stereocenters. The lowest BCUT2D eigenvalue weighted by atomic mass is 9.96. The zero-order valence-corrected chi connectivity index (χ0v) is 17.8. The molecule has 2 fully saturated rings. The SMILES string of the molecule is O=C(C1CCCN(c2ccc(-n3cccn3)nn2)C1)N1CCN(c2ccc(F)cc2)CC1. The molecule has 1 aromatic carbocycles. The molecule has 0 saturated carbocycles. The van der Waals surface area contributed by atoms with Crippen molar-refractivity contribution in [3.05, 3.63) is 60.7 Å². The highest BCUT2D eigenvalue weighted by atomic mass is 19.1. The highest BCUT2D eigenvalue weighted by Crippen LogP contribution is 2.24. The number of anilines is 2. The van der Waals surface area contributed by atoms with Crippen LogP contribution >= 0.6 is 0 Å². The molecule has 2 saturated heterocycles. The van der Waals surface area contributed by atoms with Crippen LogP contribution in [0.2, 0.25) is 0 Å². The van der Waals surface area contributed by atoms with Gasteiger partial charge in [-0.25, -0.2) is 9.07 Å². The lowest BCUT2D eigenvalue weighted by Gasteiger charge is -2.40. The van der Waals surface area contributed by atoms with Crippen LogP contribution < -0.4 is 9.80 Å². The summed E-state index contributed by atoms with van der Waals surface area (Å²) in [6.07, 6.45) is 5.38. The predicted octanol–water partition coefficient (Wildman–Crippen LogP) is 2.37. The van der Waals surface area contributed by atoms with Crippen molar-refractivity contribution in [1.29, 1.82) is 0 Å². The van der Waals surface area contributed by atoms with E-state index in [1.165, 1.54) is 12.1 Å². The minimum atomic E-state index is -0.231. The van der Waals surface area contributed by atoms with Gasteiger partial charge >= 0.3 is 0 Å². The Morgan fingerprint density at radius 2 is 1.66 bits per heavy atom. The second-order valence-corrected chi connectivity index (χ2v) is 8.27. The van der Waals surface area contributed by atoms with Crippen molar-refractivity contribution < 1.29 is 9.18 Å². The van der Waals surface area contributed by atoms with E-state index in [1.54, 1.807) is 23.0 Å². The molecule has 0 bridgehead atoms. The Balaban J connectivity index is 1.18. The molecule has 32 heavy (non-hydrogen) atoms. The van der Waals surface area contributed by atoms with E-state index in [-0.39, 0.29) is 17.6 Å². The fraction of sp³-hybridized carbons (Fsp3) is 0.391. The third-order valence-corrected chi connectivity index (χ3v) is 6.25. The fourth-order valence-corrected chi connectivity index (χ4v) is 4.50. The number of piperidine rings is 1. The first-order chi connectivity index (χ1) is 15.7. The molecular weight excluding hydrogens is 409 g/mol. The third-order valence-electron chi connectivity index (χ3n) is 6.25. The first kappa shape index (κ1) is 20.4. The van der Waals surface area contributed by atoms with Crippen LogP contribution in [0.4, 0.5) is 15.9 Å². The van der Waals surface area contributed by atoms with E-state index in [1.807, 2.05) is 29.3 Å². The molecule has 9 heteroatoms. The molecule has 2 aliphatic rings. The Labute approximate surface area is 186 Å². The van der Waals surface area contributed by atoms with Crippen LogP contribution in [-0.2, 0) is 4.79 Å². The number of carbonyl (C=O) groups is 1. The largest absolute Gasteiger partial charge is 0.368 e. The van der Waals surface area contributed by atoms with E-state index in [0.717, 1.165) is 44.0 Å². The summed E-state index contributed by atoms with van der Waals surface area (Å²) in [6, 6.07) is 12.2. The molecular formula is C23H26FN7O. The van der Waals surface area contributed by atoms with Crippen LogP contribution in [0.5, 0.6) is 0 Å². The van der Waals surface area contributed by atoms with Crippen LogP contribution in [-0.4, -0.2) is 70.1 Å². The van der Waals surface area contributed by atoms with Gasteiger partial charge in [0.15, 0.2) is 11.6 Å². The second kappa shape index (κ2) is 8.94. The molecule has 1 amide bonds. The summed E-state index contributed by atoms with van der Waals surface area (Å²) >= 11 is 0. The number of carbonyl (C=O) groups excluding carboxylic acids is 1. The number of nitrogens with zero attached hydrogens (tertiary/aromatic N) is 7. The molecule has 1 unspecified atom stereocenters. The molecule has 5 rings (SSSR count). The number of amides is 1. The summed E-state index contributed by atoms with van der Waals surface area (Å²) < 4.78 is 14.8. The van der Waals surface area contributed by atoms with Crippen LogP contribution in [0.1, 0.15) is 12.8 Å². The van der Waals surface area contributed by atoms with Crippen LogP contribution in [0.15, 0.2) is 54.9 Å². The van der Waals surface area contributed by atoms with Crippen molar-refractivity contribution in [2.45, 2.75) is 12.8 Å². The Kier molecular flexibility index (Phi) is 5.70. The van der Waals surface area contributed by atoms with Gasteiger partial charge in [-0.15, -0.1) is 10.2 Å². The Morgan fingerprint density at radius 1 is 0.906 bits per heavy atom. The van der Waals surface area contributed by atoms with Gasteiger partial charge in [-0.1, -0.05) is 0 Å². The molecule has 0 spiro atoms. The Morgan fingerprint density at radius 3 is 2.34 bits per heavy atom. The lowest BCUT2D eigenvalue weighted by molar-refractivity contribution is -0.136. The van der Waals surface area contributed by atoms with Crippen LogP contribution in [0.3, 0.4) is 0 Å². The summed E-state index contributed by atoms with van der Waals surface area (Å²) in [7, 11) is 0. The molecule has 0 radical (unpaired) electrons. The summed E-state index contributed by atoms with van der Waals surface area (Å²) in [5.41, 5.74) is 1.000. The number of benzene rings is 1. The van der Waals surface area contributed by atoms with E-state index in [4.69, 9.17) is 0 Å². The van der Waals surface area contributed by atoms with Crippen molar-refractivity contribution >= 4 is 17.4 Å². The number of halogens is 1. The predicted molar refractivity (Wildman–Crippen MR) is 119 cm³/mol. The smallest absolute Gasteiger partial charge is 0.227 e. The van der Waals surface area contributed by atoms with Crippen LogP contribution in [0, 0.1) is 11.7 Å². The summed E-state index contributed by atoms with van der Waals surface area (Å²) in [6.45, 7) is 4.42. The van der Waals surface area contributed by atoms with Crippen molar-refractivity contribution in [3.8, 4) is 5.82 Å². The summed E-state index contributed by atoms with van der Waals surface area (Å²) in [5.74, 6) is 1.41. The van der Waals surface area contributed by atoms with E-state index in [0.29, 0.717) is 25.5 Å². The van der Waals surface area contributed by atoms with Gasteiger partial charge in [0.2, 0.25) is 5.91 Å². The van der Waals surface area contributed by atoms with Gasteiger partial charge in [-0.05, 0) is 55.3 Å². The molecule has 2 aliphatic heterocycles. The number of piperazine rings is 1. The van der Waals surface area contributed by atoms with Gasteiger partial charge in [-0.2, -0.15) is 5.10 Å². The molecule has 3 aromatic rings. The first-order valence-electron chi connectivity index (χ1n) is 11.1. The first-order valence-corrected chi connectivity index (χ1v) is 11.1. The normalized spacial score (nSPS) is 19.3. The van der Waals surface area contributed by atoms with Crippen molar-refractivity contribution in [2.24, 2.45) is 5.92 Å². The van der Waals surface area contributed by atoms with Gasteiger partial charge in [0.1, 0.15) is 5.82 Å². The fourth-order valence-electron chi connectivity index (χ4n) is 4.50. The minimum Gasteiger partial charge on any atom is -0.368 e. The summed E-state index contributed by atoms with van der Waals surface area (Å²) in [4.78, 5) is 19.5. The molecule has 4 heterocycles. The van der Waals surface area contributed by atoms with E-state index in [2.05, 4.69) is 25.1 Å². The zero-order valence-electron chi connectivity index (χ0n) is 17.8. The second-order valence-electron chi connectivity index (χ2n) is 8.27. The van der Waals surface area contributed by atoms with E-state index < -0.39 is 0 Å². The number of hydrogen-bond acceptors (Lipinski definition) is 6. The van der Waals surface area contributed by atoms with Crippen molar-refractivity contribution in [2.75, 3.05) is 49.1 Å². The number of aromatic nitrogens is 4. The highest BCUT2D eigenvalue weighted by molar-refractivity contribution is 5.80. The van der Waals surface area contributed by atoms with Crippen molar-refractivity contribution in [1.82, 2.24) is 24.9 Å². The van der Waals surface area contributed by atoms with Crippen molar-refractivity contribution in [3.63, 3.8) is 0 Å². The van der Waals surface area contributed by atoms with Crippen LogP contribution in [0.25, 0.3) is 5.82 Å². The van der Waals surface area contributed by atoms with E-state index in [9.17, 15) is 9.18 Å². The van der Waals surface area contributed by atoms with Gasteiger partial charge in [0, 0.05) is 57.3 Å². The quantitative estimate of drug-likeness (QED) is 0.627. The zero-order chi connectivity index (χ0) is 21.9. The van der Waals surface area contributed by atoms with Gasteiger partial charge in [-0.3, -0.25) is 4.79 Å². The number of hydrogen-bond donors (Lipinski definition) is 0. The standard InChI is InChI=1S/C23H26FN7O/c24-19-4-6-20(7-5-19)28-13-15-29(16-14-28)23(32)18-3-1-11-30(17-18)21-8-9-22(27-26-21)31-12-2-10-25-31/h2,4-10,12,18H,1,3,11,13-17H2. The van der Waals surface area contributed by atoms with Gasteiger partial charge in [0.05, 0.1) is 5.92 Å². The maximum atomic E-state index is 13.2. The maximum absolute atomic E-state index is 13.2. The minimum absolute atomic E-state index is 0.0336. The summed E-state index contributed by atoms with van der Waals surface area (Å²) in [5, 5.41) is 12.8. The number of rotatable bonds is 4. The molecule has 2 aromatic heterocycles. The third kappa shape index (κ3) is 4.28. The molecule has 8 nitrogen and oxygen atoms in total. The highest BCUT2D eigenvalue weighted by Gasteiger charge is 2.31. The Bertz CT molecular complexity index is 1030. The molecule has 0 aliphatic carbocycles. The molecule has 0 N–H and O–H groups in total. The monoisotopic (exact) mass is 435 g/mol. The average molecular weight is 436 g/mol. The maximum Gasteiger partial charge on any atom is 0.227 e. The lowest BCUT2D eigenvalue weighted by Crippen LogP contribution is -2.52. The van der Waals surface area contributed by atoms with E-state index >= 15 is 0 Å². The Hall–Kier alpha value is -3.49. The van der Waals surface area contributed by atoms with Gasteiger partial charge in [0.25, 0.3) is 0 Å². The van der Waals surface area contributed by atoms with Gasteiger partial charge < -0.3 is 14.7 Å².